The third-order valence-electron chi connectivity index (χ3n) is 4.01. The zero-order chi connectivity index (χ0) is 18.9. The molecule has 26 heavy (non-hydrogen) atoms. The Morgan fingerprint density at radius 3 is 2.69 bits per heavy atom. The summed E-state index contributed by atoms with van der Waals surface area (Å²) in [7, 11) is -1.96. The van der Waals surface area contributed by atoms with Gasteiger partial charge in [0.1, 0.15) is 11.6 Å². The van der Waals surface area contributed by atoms with Gasteiger partial charge in [0.2, 0.25) is 10.0 Å². The number of amides is 1. The zero-order valence-electron chi connectivity index (χ0n) is 13.8. The van der Waals surface area contributed by atoms with E-state index in [1.54, 1.807) is 12.1 Å². The van der Waals surface area contributed by atoms with Crippen LogP contribution in [0.25, 0.3) is 0 Å². The lowest BCUT2D eigenvalue weighted by molar-refractivity contribution is 0.102. The first-order chi connectivity index (χ1) is 12.3. The number of ether oxygens (including phenoxy) is 1. The fourth-order valence-electron chi connectivity index (χ4n) is 2.78. The molecule has 1 aliphatic rings. The van der Waals surface area contributed by atoms with Crippen molar-refractivity contribution in [2.45, 2.75) is 6.42 Å². The normalized spacial score (nSPS) is 15.7. The Morgan fingerprint density at radius 2 is 2.08 bits per heavy atom. The highest BCUT2D eigenvalue weighted by Gasteiger charge is 2.29. The van der Waals surface area contributed by atoms with Gasteiger partial charge in [0, 0.05) is 6.54 Å². The minimum atomic E-state index is -3.37. The van der Waals surface area contributed by atoms with Gasteiger partial charge >= 0.3 is 0 Å². The number of methoxy groups -OCH3 is 1. The van der Waals surface area contributed by atoms with Gasteiger partial charge in [-0.25, -0.2) is 12.8 Å². The quantitative estimate of drug-likeness (QED) is 0.857. The highest BCUT2D eigenvalue weighted by atomic mass is 35.5. The Hall–Kier alpha value is -2.32. The van der Waals surface area contributed by atoms with Crippen molar-refractivity contribution in [2.75, 3.05) is 29.0 Å². The number of carbonyl (C=O) groups excluding carboxylic acids is 1. The van der Waals surface area contributed by atoms with E-state index in [0.717, 1.165) is 6.07 Å². The Labute approximate surface area is 155 Å². The Kier molecular flexibility index (Phi) is 5.06. The van der Waals surface area contributed by atoms with E-state index in [-0.39, 0.29) is 22.0 Å². The summed E-state index contributed by atoms with van der Waals surface area (Å²) in [5.41, 5.74) is 0.324. The molecule has 1 aliphatic heterocycles. The van der Waals surface area contributed by atoms with Gasteiger partial charge in [0.25, 0.3) is 5.91 Å². The second-order valence-electron chi connectivity index (χ2n) is 5.68. The van der Waals surface area contributed by atoms with E-state index in [0.29, 0.717) is 24.4 Å². The molecule has 0 bridgehead atoms. The van der Waals surface area contributed by atoms with E-state index >= 15 is 0 Å². The molecule has 0 spiro atoms. The summed E-state index contributed by atoms with van der Waals surface area (Å²) in [4.78, 5) is 12.5. The number of hydrogen-bond acceptors (Lipinski definition) is 4. The van der Waals surface area contributed by atoms with Gasteiger partial charge in [-0.15, -0.1) is 0 Å². The smallest absolute Gasteiger partial charge is 0.260 e. The minimum Gasteiger partial charge on any atom is -0.495 e. The van der Waals surface area contributed by atoms with Crippen molar-refractivity contribution >= 4 is 38.9 Å². The highest BCUT2D eigenvalue weighted by Crippen LogP contribution is 2.33. The molecule has 0 radical (unpaired) electrons. The first kappa shape index (κ1) is 18.5. The molecule has 9 heteroatoms. The summed E-state index contributed by atoms with van der Waals surface area (Å²) in [6.45, 7) is 0.362. The molecular weight excluding hydrogens is 383 g/mol. The third kappa shape index (κ3) is 3.47. The van der Waals surface area contributed by atoms with E-state index in [4.69, 9.17) is 16.3 Å². The average Bonchev–Trinajstić information content (AvgIpc) is 2.94. The van der Waals surface area contributed by atoms with Crippen molar-refractivity contribution < 1.29 is 22.3 Å². The topological polar surface area (TPSA) is 75.7 Å². The maximum atomic E-state index is 13.9. The van der Waals surface area contributed by atoms with Crippen LogP contribution in [0.1, 0.15) is 16.8 Å². The molecule has 1 fully saturated rings. The monoisotopic (exact) mass is 398 g/mol. The summed E-state index contributed by atoms with van der Waals surface area (Å²) in [5, 5.41) is 2.51. The molecule has 2 aromatic rings. The minimum absolute atomic E-state index is 0.0280. The number of sulfonamides is 1. The van der Waals surface area contributed by atoms with E-state index in [2.05, 4.69) is 5.32 Å². The SMILES string of the molecule is COc1ccc(N2CCCS2(=O)=O)cc1NC(=O)c1c(F)cccc1Cl. The molecule has 0 aromatic heterocycles. The number of hydrogen-bond donors (Lipinski definition) is 1. The molecule has 0 saturated carbocycles. The van der Waals surface area contributed by atoms with Crippen molar-refractivity contribution in [3.63, 3.8) is 0 Å². The lowest BCUT2D eigenvalue weighted by Crippen LogP contribution is -2.25. The molecule has 1 saturated heterocycles. The number of halogens is 2. The van der Waals surface area contributed by atoms with Crippen LogP contribution in [-0.2, 0) is 10.0 Å². The van der Waals surface area contributed by atoms with E-state index in [9.17, 15) is 17.6 Å². The summed E-state index contributed by atoms with van der Waals surface area (Å²) in [6, 6.07) is 8.55. The molecule has 0 atom stereocenters. The second kappa shape index (κ2) is 7.13. The number of benzene rings is 2. The first-order valence-corrected chi connectivity index (χ1v) is 9.76. The highest BCUT2D eigenvalue weighted by molar-refractivity contribution is 7.93. The maximum Gasteiger partial charge on any atom is 0.260 e. The summed E-state index contributed by atoms with van der Waals surface area (Å²) in [5.74, 6) is -1.13. The van der Waals surface area contributed by atoms with Crippen molar-refractivity contribution in [1.29, 1.82) is 0 Å². The number of rotatable bonds is 4. The standard InChI is InChI=1S/C17H16ClFN2O4S/c1-25-15-7-6-11(21-8-3-9-26(21,23)24)10-14(15)20-17(22)16-12(18)4-2-5-13(16)19/h2,4-7,10H,3,8-9H2,1H3,(H,20,22). The van der Waals surface area contributed by atoms with E-state index in [1.807, 2.05) is 0 Å². The second-order valence-corrected chi connectivity index (χ2v) is 8.10. The molecule has 0 unspecified atom stereocenters. The van der Waals surface area contributed by atoms with E-state index in [1.165, 1.54) is 29.6 Å². The molecular formula is C17H16ClFN2O4S. The van der Waals surface area contributed by atoms with Crippen LogP contribution in [0.4, 0.5) is 15.8 Å². The lowest BCUT2D eigenvalue weighted by Gasteiger charge is -2.19. The number of nitrogens with zero attached hydrogens (tertiary/aromatic N) is 1. The maximum absolute atomic E-state index is 13.9. The number of anilines is 2. The fraction of sp³-hybridized carbons (Fsp3) is 0.235. The zero-order valence-corrected chi connectivity index (χ0v) is 15.4. The van der Waals surface area contributed by atoms with Crippen molar-refractivity contribution in [3.05, 3.63) is 52.8 Å². The van der Waals surface area contributed by atoms with Gasteiger partial charge in [0.15, 0.2) is 0 Å². The van der Waals surface area contributed by atoms with Crippen LogP contribution in [0.3, 0.4) is 0 Å². The van der Waals surface area contributed by atoms with E-state index < -0.39 is 21.7 Å². The number of nitrogens with one attached hydrogen (secondary N) is 1. The summed E-state index contributed by atoms with van der Waals surface area (Å²) >= 11 is 5.92. The summed E-state index contributed by atoms with van der Waals surface area (Å²) in [6.07, 6.45) is 0.529. The van der Waals surface area contributed by atoms with Crippen LogP contribution >= 0.6 is 11.6 Å². The summed E-state index contributed by atoms with van der Waals surface area (Å²) < 4.78 is 44.6. The van der Waals surface area contributed by atoms with Crippen LogP contribution in [0.2, 0.25) is 5.02 Å². The van der Waals surface area contributed by atoms with Crippen molar-refractivity contribution in [2.24, 2.45) is 0 Å². The van der Waals surface area contributed by atoms with Gasteiger partial charge in [-0.3, -0.25) is 9.10 Å². The molecule has 0 aliphatic carbocycles. The van der Waals surface area contributed by atoms with Crippen LogP contribution in [0.5, 0.6) is 5.75 Å². The molecule has 138 valence electrons. The van der Waals surface area contributed by atoms with Gasteiger partial charge in [-0.2, -0.15) is 0 Å². The average molecular weight is 399 g/mol. The van der Waals surface area contributed by atoms with Gasteiger partial charge < -0.3 is 10.1 Å². The van der Waals surface area contributed by atoms with Crippen LogP contribution in [0, 0.1) is 5.82 Å². The predicted molar refractivity (Wildman–Crippen MR) is 98.1 cm³/mol. The van der Waals surface area contributed by atoms with Gasteiger partial charge in [0.05, 0.1) is 34.8 Å². The molecule has 6 nitrogen and oxygen atoms in total. The van der Waals surface area contributed by atoms with Crippen LogP contribution in [-0.4, -0.2) is 33.7 Å². The largest absolute Gasteiger partial charge is 0.495 e. The molecule has 2 aromatic carbocycles. The third-order valence-corrected chi connectivity index (χ3v) is 6.19. The van der Waals surface area contributed by atoms with Crippen molar-refractivity contribution in [3.8, 4) is 5.75 Å². The molecule has 1 amide bonds. The van der Waals surface area contributed by atoms with Crippen LogP contribution in [0.15, 0.2) is 36.4 Å². The Morgan fingerprint density at radius 1 is 1.31 bits per heavy atom. The Bertz CT molecular complexity index is 945. The van der Waals surface area contributed by atoms with Gasteiger partial charge in [-0.1, -0.05) is 17.7 Å². The van der Waals surface area contributed by atoms with Crippen molar-refractivity contribution in [1.82, 2.24) is 0 Å². The molecule has 3 rings (SSSR count). The van der Waals surface area contributed by atoms with Gasteiger partial charge in [-0.05, 0) is 36.8 Å². The Balaban J connectivity index is 1.96. The molecule has 1 N–H and O–H groups in total. The first-order valence-electron chi connectivity index (χ1n) is 7.77. The van der Waals surface area contributed by atoms with Crippen LogP contribution < -0.4 is 14.4 Å². The number of carbonyl (C=O) groups is 1. The molecule has 1 heterocycles. The lowest BCUT2D eigenvalue weighted by atomic mass is 10.2. The fourth-order valence-corrected chi connectivity index (χ4v) is 4.58. The predicted octanol–water partition coefficient (Wildman–Crippen LogP) is 3.28.